The molecule has 0 bridgehead atoms. The highest BCUT2D eigenvalue weighted by atomic mass is 35.5. The lowest BCUT2D eigenvalue weighted by Crippen LogP contribution is -2.11. The van der Waals surface area contributed by atoms with Gasteiger partial charge in [-0.1, -0.05) is 23.7 Å². The third kappa shape index (κ3) is 4.79. The molecule has 0 aliphatic heterocycles. The minimum absolute atomic E-state index is 0.224. The van der Waals surface area contributed by atoms with E-state index in [1.54, 1.807) is 36.4 Å². The first-order chi connectivity index (χ1) is 10.6. The standard InChI is InChI=1S/C16H14ClNO3S/c1-21-15(19)10-22-14-7-3-6-13(9-14)18-16(20)11-4-2-5-12(17)8-11/h2-9H,10H2,1H3,(H,18,20). The molecule has 2 aromatic rings. The van der Waals surface area contributed by atoms with Crippen LogP contribution in [0.25, 0.3) is 0 Å². The van der Waals surface area contributed by atoms with Gasteiger partial charge in [0.1, 0.15) is 0 Å². The van der Waals surface area contributed by atoms with E-state index in [4.69, 9.17) is 11.6 Å². The Bertz CT molecular complexity index is 691. The van der Waals surface area contributed by atoms with Gasteiger partial charge in [0.25, 0.3) is 5.91 Å². The summed E-state index contributed by atoms with van der Waals surface area (Å²) in [6.07, 6.45) is 0. The third-order valence-corrected chi connectivity index (χ3v) is 3.97. The smallest absolute Gasteiger partial charge is 0.315 e. The fourth-order valence-corrected chi connectivity index (χ4v) is 2.68. The lowest BCUT2D eigenvalue weighted by molar-refractivity contribution is -0.137. The number of hydrogen-bond acceptors (Lipinski definition) is 4. The lowest BCUT2D eigenvalue weighted by Gasteiger charge is -2.07. The van der Waals surface area contributed by atoms with Crippen LogP contribution < -0.4 is 5.32 Å². The summed E-state index contributed by atoms with van der Waals surface area (Å²) in [7, 11) is 1.35. The van der Waals surface area contributed by atoms with Crippen LogP contribution in [0.4, 0.5) is 5.69 Å². The number of carbonyl (C=O) groups excluding carboxylic acids is 2. The summed E-state index contributed by atoms with van der Waals surface area (Å²) in [5, 5.41) is 3.31. The molecule has 114 valence electrons. The van der Waals surface area contributed by atoms with Gasteiger partial charge in [-0.05, 0) is 36.4 Å². The first kappa shape index (κ1) is 16.4. The molecule has 0 spiro atoms. The molecule has 0 aliphatic rings. The van der Waals surface area contributed by atoms with Crippen LogP contribution in [0, 0.1) is 0 Å². The highest BCUT2D eigenvalue weighted by Gasteiger charge is 2.08. The number of benzene rings is 2. The molecule has 1 amide bonds. The second-order valence-corrected chi connectivity index (χ2v) is 5.84. The summed E-state index contributed by atoms with van der Waals surface area (Å²) in [6, 6.07) is 14.0. The van der Waals surface area contributed by atoms with Gasteiger partial charge in [0.15, 0.2) is 0 Å². The first-order valence-electron chi connectivity index (χ1n) is 6.45. The van der Waals surface area contributed by atoms with Crippen LogP contribution in [0.2, 0.25) is 5.02 Å². The average Bonchev–Trinajstić information content (AvgIpc) is 2.53. The van der Waals surface area contributed by atoms with Crippen LogP contribution in [-0.4, -0.2) is 24.7 Å². The number of amides is 1. The number of halogens is 1. The Hall–Kier alpha value is -1.98. The van der Waals surface area contributed by atoms with E-state index in [2.05, 4.69) is 10.1 Å². The molecule has 0 atom stereocenters. The number of anilines is 1. The van der Waals surface area contributed by atoms with E-state index in [-0.39, 0.29) is 17.6 Å². The molecular weight excluding hydrogens is 322 g/mol. The topological polar surface area (TPSA) is 55.4 Å². The minimum atomic E-state index is -0.293. The van der Waals surface area contributed by atoms with Crippen LogP contribution in [0.3, 0.4) is 0 Å². The molecular formula is C16H14ClNO3S. The molecule has 1 N–H and O–H groups in total. The molecule has 4 nitrogen and oxygen atoms in total. The maximum absolute atomic E-state index is 12.1. The second kappa shape index (κ2) is 7.87. The maximum atomic E-state index is 12.1. The zero-order chi connectivity index (χ0) is 15.9. The highest BCUT2D eigenvalue weighted by Crippen LogP contribution is 2.22. The van der Waals surface area contributed by atoms with Crippen molar-refractivity contribution in [1.82, 2.24) is 0 Å². The van der Waals surface area contributed by atoms with Crippen molar-refractivity contribution in [2.75, 3.05) is 18.2 Å². The van der Waals surface area contributed by atoms with Gasteiger partial charge in [0.05, 0.1) is 12.9 Å². The molecule has 0 aromatic heterocycles. The number of rotatable bonds is 5. The summed E-state index contributed by atoms with van der Waals surface area (Å²) >= 11 is 7.22. The molecule has 6 heteroatoms. The molecule has 0 saturated heterocycles. The monoisotopic (exact) mass is 335 g/mol. The zero-order valence-corrected chi connectivity index (χ0v) is 13.4. The van der Waals surface area contributed by atoms with E-state index < -0.39 is 0 Å². The Labute approximate surface area is 137 Å². The minimum Gasteiger partial charge on any atom is -0.468 e. The third-order valence-electron chi connectivity index (χ3n) is 2.76. The van der Waals surface area contributed by atoms with Gasteiger partial charge in [-0.25, -0.2) is 0 Å². The Morgan fingerprint density at radius 2 is 1.95 bits per heavy atom. The van der Waals surface area contributed by atoms with Crippen molar-refractivity contribution in [1.29, 1.82) is 0 Å². The van der Waals surface area contributed by atoms with E-state index in [1.807, 2.05) is 12.1 Å². The molecule has 0 radical (unpaired) electrons. The van der Waals surface area contributed by atoms with E-state index in [0.29, 0.717) is 16.3 Å². The number of thioether (sulfide) groups is 1. The Morgan fingerprint density at radius 3 is 2.68 bits per heavy atom. The fraction of sp³-hybridized carbons (Fsp3) is 0.125. The predicted molar refractivity (Wildman–Crippen MR) is 88.6 cm³/mol. The molecule has 0 unspecified atom stereocenters. The molecule has 0 saturated carbocycles. The number of carbonyl (C=O) groups is 2. The van der Waals surface area contributed by atoms with Crippen molar-refractivity contribution < 1.29 is 14.3 Å². The van der Waals surface area contributed by atoms with Gasteiger partial charge < -0.3 is 10.1 Å². The number of nitrogens with one attached hydrogen (secondary N) is 1. The highest BCUT2D eigenvalue weighted by molar-refractivity contribution is 8.00. The first-order valence-corrected chi connectivity index (χ1v) is 7.81. The van der Waals surface area contributed by atoms with Crippen LogP contribution in [0.5, 0.6) is 0 Å². The van der Waals surface area contributed by atoms with Crippen molar-refractivity contribution >= 4 is 40.9 Å². The largest absolute Gasteiger partial charge is 0.468 e. The van der Waals surface area contributed by atoms with Crippen molar-refractivity contribution in [3.8, 4) is 0 Å². The van der Waals surface area contributed by atoms with E-state index in [9.17, 15) is 9.59 Å². The molecule has 2 rings (SSSR count). The van der Waals surface area contributed by atoms with E-state index in [1.165, 1.54) is 18.9 Å². The van der Waals surface area contributed by atoms with Gasteiger partial charge in [-0.3, -0.25) is 9.59 Å². The molecule has 0 fully saturated rings. The van der Waals surface area contributed by atoms with Crippen LogP contribution in [-0.2, 0) is 9.53 Å². The zero-order valence-electron chi connectivity index (χ0n) is 11.8. The van der Waals surface area contributed by atoms with Crippen molar-refractivity contribution in [2.24, 2.45) is 0 Å². The number of ether oxygens (including phenoxy) is 1. The lowest BCUT2D eigenvalue weighted by atomic mass is 10.2. The van der Waals surface area contributed by atoms with E-state index >= 15 is 0 Å². The van der Waals surface area contributed by atoms with Crippen molar-refractivity contribution in [3.63, 3.8) is 0 Å². The molecule has 0 heterocycles. The normalized spacial score (nSPS) is 10.1. The van der Waals surface area contributed by atoms with E-state index in [0.717, 1.165) is 4.90 Å². The summed E-state index contributed by atoms with van der Waals surface area (Å²) in [4.78, 5) is 24.1. The SMILES string of the molecule is COC(=O)CSc1cccc(NC(=O)c2cccc(Cl)c2)c1. The summed E-state index contributed by atoms with van der Waals surface area (Å²) < 4.78 is 4.59. The van der Waals surface area contributed by atoms with Gasteiger partial charge in [-0.15, -0.1) is 11.8 Å². The van der Waals surface area contributed by atoms with Crippen molar-refractivity contribution in [3.05, 3.63) is 59.1 Å². The quantitative estimate of drug-likeness (QED) is 0.666. The fourth-order valence-electron chi connectivity index (χ4n) is 1.70. The van der Waals surface area contributed by atoms with Crippen molar-refractivity contribution in [2.45, 2.75) is 4.90 Å². The molecule has 0 aliphatic carbocycles. The Balaban J connectivity index is 2.03. The Morgan fingerprint density at radius 1 is 1.18 bits per heavy atom. The van der Waals surface area contributed by atoms with Gasteiger partial charge in [0, 0.05) is 21.2 Å². The number of esters is 1. The molecule has 2 aromatic carbocycles. The van der Waals surface area contributed by atoms with Gasteiger partial charge in [0.2, 0.25) is 0 Å². The Kier molecular flexibility index (Phi) is 5.86. The van der Waals surface area contributed by atoms with Crippen LogP contribution in [0.15, 0.2) is 53.4 Å². The second-order valence-electron chi connectivity index (χ2n) is 4.36. The van der Waals surface area contributed by atoms with Gasteiger partial charge in [-0.2, -0.15) is 0 Å². The maximum Gasteiger partial charge on any atom is 0.315 e. The van der Waals surface area contributed by atoms with Crippen LogP contribution >= 0.6 is 23.4 Å². The van der Waals surface area contributed by atoms with Crippen LogP contribution in [0.1, 0.15) is 10.4 Å². The number of methoxy groups -OCH3 is 1. The summed E-state index contributed by atoms with van der Waals surface area (Å²) in [5.41, 5.74) is 1.14. The van der Waals surface area contributed by atoms with Gasteiger partial charge >= 0.3 is 5.97 Å². The number of hydrogen-bond donors (Lipinski definition) is 1. The summed E-state index contributed by atoms with van der Waals surface area (Å²) in [5.74, 6) is -0.307. The summed E-state index contributed by atoms with van der Waals surface area (Å²) in [6.45, 7) is 0. The predicted octanol–water partition coefficient (Wildman–Crippen LogP) is 3.86. The average molecular weight is 336 g/mol. The molecule has 22 heavy (non-hydrogen) atoms.